The van der Waals surface area contributed by atoms with Gasteiger partial charge < -0.3 is 4.74 Å². The Morgan fingerprint density at radius 3 is 2.00 bits per heavy atom. The molecule has 0 spiro atoms. The van der Waals surface area contributed by atoms with Crippen LogP contribution in [0, 0.1) is 0 Å². The lowest BCUT2D eigenvalue weighted by Gasteiger charge is -1.76. The minimum absolute atomic E-state index is 0.0247. The van der Waals surface area contributed by atoms with Crippen molar-refractivity contribution in [3.05, 3.63) is 10.6 Å². The highest BCUT2D eigenvalue weighted by molar-refractivity contribution is 6.43. The molecule has 1 rings (SSSR count). The van der Waals surface area contributed by atoms with Crippen molar-refractivity contribution in [1.29, 1.82) is 0 Å². The summed E-state index contributed by atoms with van der Waals surface area (Å²) >= 11 is 9.94. The van der Waals surface area contributed by atoms with Crippen LogP contribution in [-0.2, 0) is 9.53 Å². The first kappa shape index (κ1) is 11.0. The van der Waals surface area contributed by atoms with Crippen LogP contribution in [0.15, 0.2) is 10.6 Å². The minimum Gasteiger partial charge on any atom is -0.381 e. The van der Waals surface area contributed by atoms with E-state index in [2.05, 4.69) is 0 Å². The summed E-state index contributed by atoms with van der Waals surface area (Å²) in [5.41, 5.74) is 1.01. The summed E-state index contributed by atoms with van der Waals surface area (Å²) in [6, 6.07) is 0. The van der Waals surface area contributed by atoms with E-state index in [0.717, 1.165) is 18.7 Å². The van der Waals surface area contributed by atoms with Crippen LogP contribution in [0.2, 0.25) is 0 Å². The van der Waals surface area contributed by atoms with Crippen LogP contribution in [0.4, 0.5) is 0 Å². The zero-order chi connectivity index (χ0) is 8.53. The molecular weight excluding hydrogens is 187 g/mol. The summed E-state index contributed by atoms with van der Waals surface area (Å²) < 4.78 is 4.94. The normalized spacial score (nSPS) is 17.1. The van der Waals surface area contributed by atoms with Gasteiger partial charge in [0.1, 0.15) is 0 Å². The van der Waals surface area contributed by atoms with Crippen molar-refractivity contribution >= 4 is 29.5 Å². The first-order valence-corrected chi connectivity index (χ1v) is 4.11. The molecule has 0 atom stereocenters. The number of hydrogen-bond acceptors (Lipinski definition) is 2. The molecule has 64 valence electrons. The van der Waals surface area contributed by atoms with E-state index in [1.165, 1.54) is 12.8 Å². The maximum atomic E-state index is 9.45. The van der Waals surface area contributed by atoms with E-state index in [1.807, 2.05) is 0 Å². The van der Waals surface area contributed by atoms with Gasteiger partial charge in [0.15, 0.2) is 6.29 Å². The Hall–Kier alpha value is -0.0500. The van der Waals surface area contributed by atoms with Gasteiger partial charge in [0, 0.05) is 18.7 Å². The number of carbonyl (C=O) groups is 1. The van der Waals surface area contributed by atoms with Gasteiger partial charge in [0.25, 0.3) is 0 Å². The third-order valence-corrected chi connectivity index (χ3v) is 1.59. The highest BCUT2D eigenvalue weighted by Gasteiger charge is 1.94. The maximum absolute atomic E-state index is 9.45. The van der Waals surface area contributed by atoms with Crippen molar-refractivity contribution in [2.24, 2.45) is 0 Å². The number of hydrogen-bond donors (Lipinski definition) is 0. The third-order valence-electron chi connectivity index (χ3n) is 1.04. The molecule has 11 heavy (non-hydrogen) atoms. The van der Waals surface area contributed by atoms with Gasteiger partial charge in [-0.3, -0.25) is 4.79 Å². The van der Waals surface area contributed by atoms with E-state index < -0.39 is 0 Å². The number of aldehydes is 1. The van der Waals surface area contributed by atoms with Crippen LogP contribution in [-0.4, -0.2) is 19.5 Å². The Bertz CT molecular complexity index is 123. The molecule has 1 aliphatic heterocycles. The largest absolute Gasteiger partial charge is 0.381 e. The first-order chi connectivity index (χ1) is 5.31. The second-order valence-corrected chi connectivity index (χ2v) is 2.59. The summed E-state index contributed by atoms with van der Waals surface area (Å²) in [4.78, 5) is 9.45. The summed E-state index contributed by atoms with van der Waals surface area (Å²) in [7, 11) is 0. The van der Waals surface area contributed by atoms with E-state index in [4.69, 9.17) is 27.9 Å². The minimum atomic E-state index is 0.0247. The van der Waals surface area contributed by atoms with E-state index in [1.54, 1.807) is 0 Å². The Balaban J connectivity index is 0.000000183. The Morgan fingerprint density at radius 1 is 1.36 bits per heavy atom. The molecule has 0 bridgehead atoms. The summed E-state index contributed by atoms with van der Waals surface area (Å²) in [6.45, 7) is 2.00. The molecule has 0 N–H and O–H groups in total. The van der Waals surface area contributed by atoms with Gasteiger partial charge in [-0.15, -0.1) is 0 Å². The van der Waals surface area contributed by atoms with Gasteiger partial charge in [-0.2, -0.15) is 0 Å². The molecule has 2 nitrogen and oxygen atoms in total. The van der Waals surface area contributed by atoms with Crippen LogP contribution in [0.1, 0.15) is 12.8 Å². The van der Waals surface area contributed by atoms with E-state index in [9.17, 15) is 4.79 Å². The van der Waals surface area contributed by atoms with Crippen molar-refractivity contribution in [3.8, 4) is 0 Å². The second-order valence-electron chi connectivity index (χ2n) is 1.93. The Kier molecular flexibility index (Phi) is 8.01. The molecule has 0 saturated carbocycles. The fourth-order valence-corrected chi connectivity index (χ4v) is 0.587. The lowest BCUT2D eigenvalue weighted by Crippen LogP contribution is -1.74. The molecule has 1 heterocycles. The fraction of sp³-hybridized carbons (Fsp3) is 0.571. The van der Waals surface area contributed by atoms with Gasteiger partial charge in [-0.1, -0.05) is 23.2 Å². The van der Waals surface area contributed by atoms with E-state index in [-0.39, 0.29) is 5.03 Å². The van der Waals surface area contributed by atoms with Crippen LogP contribution in [0.25, 0.3) is 0 Å². The quantitative estimate of drug-likeness (QED) is 0.476. The van der Waals surface area contributed by atoms with Gasteiger partial charge in [-0.25, -0.2) is 0 Å². The van der Waals surface area contributed by atoms with Gasteiger partial charge in [0.2, 0.25) is 0 Å². The lowest BCUT2D eigenvalue weighted by atomic mass is 10.4. The third kappa shape index (κ3) is 7.85. The molecule has 1 aliphatic rings. The van der Waals surface area contributed by atoms with Crippen LogP contribution in [0.5, 0.6) is 0 Å². The molecule has 0 aromatic carbocycles. The average Bonchev–Trinajstić information content (AvgIpc) is 2.60. The predicted octanol–water partition coefficient (Wildman–Crippen LogP) is 2.30. The first-order valence-electron chi connectivity index (χ1n) is 3.30. The molecule has 4 heteroatoms. The van der Waals surface area contributed by atoms with E-state index >= 15 is 0 Å². The summed E-state index contributed by atoms with van der Waals surface area (Å²) in [6.07, 6.45) is 3.02. The number of rotatable bonds is 1. The number of carbonyl (C=O) groups excluding carboxylic acids is 1. The topological polar surface area (TPSA) is 26.3 Å². The van der Waals surface area contributed by atoms with Gasteiger partial charge >= 0.3 is 0 Å². The molecular formula is C7H10Cl2O2. The van der Waals surface area contributed by atoms with Crippen molar-refractivity contribution < 1.29 is 9.53 Å². The SMILES string of the molecule is C1CCOC1.O=CC(Cl)=CCl. The van der Waals surface area contributed by atoms with Crippen molar-refractivity contribution in [3.63, 3.8) is 0 Å². The highest BCUT2D eigenvalue weighted by Crippen LogP contribution is 1.98. The standard InChI is InChI=1S/C4H8O.C3H2Cl2O/c1-2-4-5-3-1;4-1-3(5)2-6/h1-4H2;1-2H. The molecule has 1 fully saturated rings. The van der Waals surface area contributed by atoms with E-state index in [0.29, 0.717) is 6.29 Å². The summed E-state index contributed by atoms with van der Waals surface area (Å²) in [5.74, 6) is 0. The molecule has 0 amide bonds. The molecule has 1 saturated heterocycles. The second kappa shape index (κ2) is 8.05. The van der Waals surface area contributed by atoms with Crippen LogP contribution >= 0.6 is 23.2 Å². The Labute approximate surface area is 76.1 Å². The molecule has 0 radical (unpaired) electrons. The highest BCUT2D eigenvalue weighted by atomic mass is 35.5. The maximum Gasteiger partial charge on any atom is 0.162 e. The zero-order valence-electron chi connectivity index (χ0n) is 6.06. The fourth-order valence-electron chi connectivity index (χ4n) is 0.536. The monoisotopic (exact) mass is 196 g/mol. The Morgan fingerprint density at radius 2 is 1.91 bits per heavy atom. The number of ether oxygens (including phenoxy) is 1. The predicted molar refractivity (Wildman–Crippen MR) is 45.9 cm³/mol. The van der Waals surface area contributed by atoms with Crippen molar-refractivity contribution in [1.82, 2.24) is 0 Å². The molecule has 0 aromatic heterocycles. The van der Waals surface area contributed by atoms with Gasteiger partial charge in [-0.05, 0) is 12.8 Å². The molecule has 0 aromatic rings. The van der Waals surface area contributed by atoms with Crippen molar-refractivity contribution in [2.75, 3.05) is 13.2 Å². The smallest absolute Gasteiger partial charge is 0.162 e. The average molecular weight is 197 g/mol. The molecule has 0 unspecified atom stereocenters. The number of halogens is 2. The zero-order valence-corrected chi connectivity index (χ0v) is 7.57. The van der Waals surface area contributed by atoms with Crippen LogP contribution < -0.4 is 0 Å². The molecule has 0 aliphatic carbocycles. The van der Waals surface area contributed by atoms with Gasteiger partial charge in [0.05, 0.1) is 5.03 Å². The number of allylic oxidation sites excluding steroid dienone is 1. The lowest BCUT2D eigenvalue weighted by molar-refractivity contribution is -0.104. The van der Waals surface area contributed by atoms with Crippen molar-refractivity contribution in [2.45, 2.75) is 12.8 Å². The van der Waals surface area contributed by atoms with Crippen LogP contribution in [0.3, 0.4) is 0 Å². The summed E-state index contributed by atoms with van der Waals surface area (Å²) in [5, 5.41) is 0.0247.